The van der Waals surface area contributed by atoms with Crippen LogP contribution in [0.2, 0.25) is 0 Å². The van der Waals surface area contributed by atoms with E-state index in [1.165, 1.54) is 0 Å². The van der Waals surface area contributed by atoms with Gasteiger partial charge in [0.05, 0.1) is 4.92 Å². The summed E-state index contributed by atoms with van der Waals surface area (Å²) in [7, 11) is 0. The van der Waals surface area contributed by atoms with Gasteiger partial charge in [0.1, 0.15) is 5.82 Å². The summed E-state index contributed by atoms with van der Waals surface area (Å²) in [6.07, 6.45) is 0.588. The maximum Gasteiger partial charge on any atom is 0.274 e. The monoisotopic (exact) mass is 226 g/mol. The molecule has 4 nitrogen and oxygen atoms in total. The Kier molecular flexibility index (Phi) is 3.95. The highest BCUT2D eigenvalue weighted by Gasteiger charge is 2.20. The van der Waals surface area contributed by atoms with E-state index in [4.69, 9.17) is 5.73 Å². The SMILES string of the molecule is CC(C)C[C@H](N)c1cc(F)ccc1[N+](=O)[O-]. The number of nitrogens with zero attached hydrogens (tertiary/aromatic N) is 1. The lowest BCUT2D eigenvalue weighted by atomic mass is 9.96. The highest BCUT2D eigenvalue weighted by Crippen LogP contribution is 2.28. The molecule has 88 valence electrons. The third-order valence-corrected chi connectivity index (χ3v) is 2.31. The van der Waals surface area contributed by atoms with Gasteiger partial charge in [0.25, 0.3) is 5.69 Å². The van der Waals surface area contributed by atoms with Gasteiger partial charge in [0.15, 0.2) is 0 Å². The Labute approximate surface area is 93.4 Å². The van der Waals surface area contributed by atoms with Crippen LogP contribution in [0.3, 0.4) is 0 Å². The number of nitro groups is 1. The Balaban J connectivity index is 3.09. The molecule has 0 aliphatic carbocycles. The van der Waals surface area contributed by atoms with E-state index in [0.29, 0.717) is 12.3 Å². The largest absolute Gasteiger partial charge is 0.324 e. The highest BCUT2D eigenvalue weighted by molar-refractivity contribution is 5.42. The molecule has 1 aromatic carbocycles. The highest BCUT2D eigenvalue weighted by atomic mass is 19.1. The standard InChI is InChI=1S/C11H15FN2O2/c1-7(2)5-10(13)9-6-8(12)3-4-11(9)14(15)16/h3-4,6-7,10H,5,13H2,1-2H3/t10-/m0/s1. The maximum atomic E-state index is 13.0. The van der Waals surface area contributed by atoms with Crippen molar-refractivity contribution in [3.05, 3.63) is 39.7 Å². The van der Waals surface area contributed by atoms with E-state index < -0.39 is 16.8 Å². The van der Waals surface area contributed by atoms with Crippen molar-refractivity contribution in [2.45, 2.75) is 26.3 Å². The van der Waals surface area contributed by atoms with E-state index in [2.05, 4.69) is 0 Å². The van der Waals surface area contributed by atoms with Gasteiger partial charge in [-0.1, -0.05) is 13.8 Å². The summed E-state index contributed by atoms with van der Waals surface area (Å²) in [5, 5.41) is 10.8. The molecule has 0 amide bonds. The number of hydrogen-bond donors (Lipinski definition) is 1. The summed E-state index contributed by atoms with van der Waals surface area (Å²) < 4.78 is 13.0. The van der Waals surface area contributed by atoms with E-state index in [0.717, 1.165) is 18.2 Å². The van der Waals surface area contributed by atoms with Crippen LogP contribution in [0.15, 0.2) is 18.2 Å². The van der Waals surface area contributed by atoms with Crippen LogP contribution in [0.1, 0.15) is 31.9 Å². The Hall–Kier alpha value is -1.49. The van der Waals surface area contributed by atoms with Crippen LogP contribution < -0.4 is 5.73 Å². The first kappa shape index (κ1) is 12.6. The Morgan fingerprint density at radius 3 is 2.62 bits per heavy atom. The summed E-state index contributed by atoms with van der Waals surface area (Å²) in [4.78, 5) is 10.2. The average molecular weight is 226 g/mol. The normalized spacial score (nSPS) is 12.8. The first-order valence-corrected chi connectivity index (χ1v) is 5.11. The molecule has 0 saturated heterocycles. The lowest BCUT2D eigenvalue weighted by Crippen LogP contribution is -2.15. The third kappa shape index (κ3) is 3.00. The Bertz CT molecular complexity index is 394. The van der Waals surface area contributed by atoms with Crippen LogP contribution >= 0.6 is 0 Å². The van der Waals surface area contributed by atoms with Crippen molar-refractivity contribution >= 4 is 5.69 Å². The minimum Gasteiger partial charge on any atom is -0.324 e. The summed E-state index contributed by atoms with van der Waals surface area (Å²) in [6, 6.07) is 2.87. The Morgan fingerprint density at radius 2 is 2.12 bits per heavy atom. The molecule has 1 rings (SSSR count). The second-order valence-corrected chi connectivity index (χ2v) is 4.20. The summed E-state index contributed by atoms with van der Waals surface area (Å²) in [6.45, 7) is 3.93. The summed E-state index contributed by atoms with van der Waals surface area (Å²) >= 11 is 0. The molecule has 0 aromatic heterocycles. The van der Waals surface area contributed by atoms with Crippen LogP contribution in [-0.2, 0) is 0 Å². The third-order valence-electron chi connectivity index (χ3n) is 2.31. The van der Waals surface area contributed by atoms with E-state index >= 15 is 0 Å². The number of hydrogen-bond acceptors (Lipinski definition) is 3. The number of benzene rings is 1. The zero-order valence-corrected chi connectivity index (χ0v) is 9.31. The molecule has 0 bridgehead atoms. The van der Waals surface area contributed by atoms with Gasteiger partial charge in [0, 0.05) is 17.7 Å². The van der Waals surface area contributed by atoms with Crippen LogP contribution in [0.25, 0.3) is 0 Å². The first-order valence-electron chi connectivity index (χ1n) is 5.11. The molecule has 5 heteroatoms. The number of nitrogens with two attached hydrogens (primary N) is 1. The van der Waals surface area contributed by atoms with Crippen LogP contribution in [0.5, 0.6) is 0 Å². The van der Waals surface area contributed by atoms with Gasteiger partial charge < -0.3 is 5.73 Å². The van der Waals surface area contributed by atoms with Gasteiger partial charge in [-0.05, 0) is 24.5 Å². The van der Waals surface area contributed by atoms with Crippen molar-refractivity contribution in [1.29, 1.82) is 0 Å². The van der Waals surface area contributed by atoms with Gasteiger partial charge in [-0.25, -0.2) is 4.39 Å². The minimum absolute atomic E-state index is 0.116. The van der Waals surface area contributed by atoms with Crippen molar-refractivity contribution in [1.82, 2.24) is 0 Å². The fraction of sp³-hybridized carbons (Fsp3) is 0.455. The molecule has 0 unspecified atom stereocenters. The van der Waals surface area contributed by atoms with Gasteiger partial charge in [0.2, 0.25) is 0 Å². The maximum absolute atomic E-state index is 13.0. The molecule has 0 fully saturated rings. The fourth-order valence-corrected chi connectivity index (χ4v) is 1.62. The predicted molar refractivity (Wildman–Crippen MR) is 59.4 cm³/mol. The number of nitro benzene ring substituents is 1. The molecule has 2 N–H and O–H groups in total. The quantitative estimate of drug-likeness (QED) is 0.634. The molecule has 0 heterocycles. The van der Waals surface area contributed by atoms with E-state index in [9.17, 15) is 14.5 Å². The first-order chi connectivity index (χ1) is 7.41. The van der Waals surface area contributed by atoms with Crippen molar-refractivity contribution in [3.63, 3.8) is 0 Å². The van der Waals surface area contributed by atoms with Crippen molar-refractivity contribution in [3.8, 4) is 0 Å². The molecular formula is C11H15FN2O2. The molecule has 0 aliphatic rings. The van der Waals surface area contributed by atoms with Gasteiger partial charge in [-0.3, -0.25) is 10.1 Å². The van der Waals surface area contributed by atoms with Crippen molar-refractivity contribution in [2.24, 2.45) is 11.7 Å². The second-order valence-electron chi connectivity index (χ2n) is 4.20. The smallest absolute Gasteiger partial charge is 0.274 e. The average Bonchev–Trinajstić information content (AvgIpc) is 2.15. The molecule has 0 radical (unpaired) electrons. The molecule has 1 atom stereocenters. The molecule has 0 saturated carbocycles. The molecule has 0 spiro atoms. The van der Waals surface area contributed by atoms with Crippen LogP contribution in [-0.4, -0.2) is 4.92 Å². The van der Waals surface area contributed by atoms with Crippen molar-refractivity contribution < 1.29 is 9.31 Å². The molecule has 16 heavy (non-hydrogen) atoms. The van der Waals surface area contributed by atoms with Crippen LogP contribution in [0.4, 0.5) is 10.1 Å². The van der Waals surface area contributed by atoms with Gasteiger partial charge >= 0.3 is 0 Å². The predicted octanol–water partition coefficient (Wildman–Crippen LogP) is 2.78. The summed E-state index contributed by atoms with van der Waals surface area (Å²) in [5.41, 5.74) is 5.98. The topological polar surface area (TPSA) is 69.2 Å². The number of halogens is 1. The number of rotatable bonds is 4. The van der Waals surface area contributed by atoms with E-state index in [-0.39, 0.29) is 11.3 Å². The van der Waals surface area contributed by atoms with Crippen molar-refractivity contribution in [2.75, 3.05) is 0 Å². The molecule has 1 aromatic rings. The second kappa shape index (κ2) is 5.03. The van der Waals surface area contributed by atoms with E-state index in [1.54, 1.807) is 0 Å². The molecule has 0 aliphatic heterocycles. The zero-order chi connectivity index (χ0) is 12.3. The zero-order valence-electron chi connectivity index (χ0n) is 9.31. The Morgan fingerprint density at radius 1 is 1.50 bits per heavy atom. The molecular weight excluding hydrogens is 211 g/mol. The van der Waals surface area contributed by atoms with Crippen LogP contribution in [0, 0.1) is 21.8 Å². The van der Waals surface area contributed by atoms with E-state index in [1.807, 2.05) is 13.8 Å². The minimum atomic E-state index is -0.533. The van der Waals surface area contributed by atoms with Gasteiger partial charge in [-0.2, -0.15) is 0 Å². The lowest BCUT2D eigenvalue weighted by Gasteiger charge is -2.14. The fourth-order valence-electron chi connectivity index (χ4n) is 1.62. The van der Waals surface area contributed by atoms with Gasteiger partial charge in [-0.15, -0.1) is 0 Å². The summed E-state index contributed by atoms with van der Waals surface area (Å²) in [5.74, 6) is -0.197. The lowest BCUT2D eigenvalue weighted by molar-refractivity contribution is -0.385.